The summed E-state index contributed by atoms with van der Waals surface area (Å²) in [5, 5.41) is 3.45. The van der Waals surface area contributed by atoms with Crippen molar-refractivity contribution in [2.24, 2.45) is 0 Å². The molecule has 0 aliphatic rings. The second kappa shape index (κ2) is 4.90. The van der Waals surface area contributed by atoms with E-state index in [9.17, 15) is 0 Å². The maximum absolute atomic E-state index is 3.45. The van der Waals surface area contributed by atoms with Gasteiger partial charge in [-0.1, -0.05) is 32.0 Å². The van der Waals surface area contributed by atoms with Gasteiger partial charge in [-0.2, -0.15) is 0 Å². The number of aryl methyl sites for hydroxylation is 2. The van der Waals surface area contributed by atoms with Crippen molar-refractivity contribution >= 4 is 5.69 Å². The molecule has 0 aliphatic heterocycles. The van der Waals surface area contributed by atoms with Gasteiger partial charge in [0.15, 0.2) is 0 Å². The second-order valence-corrected chi connectivity index (χ2v) is 3.19. The molecule has 1 rings (SSSR count). The number of hydrogen-bond donors (Lipinski definition) is 1. The highest BCUT2D eigenvalue weighted by molar-refractivity contribution is 5.57. The van der Waals surface area contributed by atoms with E-state index in [1.807, 2.05) is 0 Å². The third kappa shape index (κ3) is 2.24. The van der Waals surface area contributed by atoms with Crippen molar-refractivity contribution in [3.05, 3.63) is 29.3 Å². The molecule has 0 atom stereocenters. The van der Waals surface area contributed by atoms with Gasteiger partial charge in [0.1, 0.15) is 0 Å². The van der Waals surface area contributed by atoms with Crippen LogP contribution in [-0.4, -0.2) is 6.54 Å². The topological polar surface area (TPSA) is 12.0 Å². The Labute approximate surface area is 81.2 Å². The molecule has 1 N–H and O–H groups in total. The van der Waals surface area contributed by atoms with E-state index in [1.54, 1.807) is 0 Å². The van der Waals surface area contributed by atoms with Crippen molar-refractivity contribution in [3.8, 4) is 0 Å². The molecule has 13 heavy (non-hydrogen) atoms. The van der Waals surface area contributed by atoms with Gasteiger partial charge in [-0.15, -0.1) is 0 Å². The van der Waals surface area contributed by atoms with E-state index in [2.05, 4.69) is 44.3 Å². The summed E-state index contributed by atoms with van der Waals surface area (Å²) in [7, 11) is 0. The monoisotopic (exact) mass is 177 g/mol. The number of rotatable bonds is 4. The maximum Gasteiger partial charge on any atom is 0.0404 e. The first-order valence-corrected chi connectivity index (χ1v) is 5.18. The van der Waals surface area contributed by atoms with Crippen LogP contribution in [0, 0.1) is 0 Å². The molecule has 1 aromatic carbocycles. The van der Waals surface area contributed by atoms with Gasteiger partial charge >= 0.3 is 0 Å². The average molecular weight is 177 g/mol. The highest BCUT2D eigenvalue weighted by Gasteiger charge is 2.03. The van der Waals surface area contributed by atoms with E-state index in [1.165, 1.54) is 16.8 Å². The Hall–Kier alpha value is -0.980. The van der Waals surface area contributed by atoms with E-state index in [-0.39, 0.29) is 0 Å². The summed E-state index contributed by atoms with van der Waals surface area (Å²) in [4.78, 5) is 0. The lowest BCUT2D eigenvalue weighted by atomic mass is 10.0. The van der Waals surface area contributed by atoms with E-state index in [4.69, 9.17) is 0 Å². The van der Waals surface area contributed by atoms with Gasteiger partial charge < -0.3 is 5.32 Å². The normalized spacial score (nSPS) is 10.1. The summed E-state index contributed by atoms with van der Waals surface area (Å²) < 4.78 is 0. The summed E-state index contributed by atoms with van der Waals surface area (Å²) in [6, 6.07) is 6.56. The molecule has 0 bridgehead atoms. The summed E-state index contributed by atoms with van der Waals surface area (Å²) in [5.74, 6) is 0. The molecule has 0 saturated heterocycles. The highest BCUT2D eigenvalue weighted by atomic mass is 14.9. The number of hydrogen-bond acceptors (Lipinski definition) is 1. The zero-order chi connectivity index (χ0) is 9.68. The highest BCUT2D eigenvalue weighted by Crippen LogP contribution is 2.21. The summed E-state index contributed by atoms with van der Waals surface area (Å²) in [5.41, 5.74) is 4.22. The lowest BCUT2D eigenvalue weighted by Crippen LogP contribution is -2.03. The molecule has 0 unspecified atom stereocenters. The lowest BCUT2D eigenvalue weighted by Gasteiger charge is -2.13. The SMILES string of the molecule is CCNc1c(CC)cccc1CC. The molecule has 0 fully saturated rings. The fourth-order valence-corrected chi connectivity index (χ4v) is 1.65. The summed E-state index contributed by atoms with van der Waals surface area (Å²) in [6.45, 7) is 7.56. The Morgan fingerprint density at radius 2 is 1.54 bits per heavy atom. The Morgan fingerprint density at radius 3 is 1.92 bits per heavy atom. The van der Waals surface area contributed by atoms with Crippen LogP contribution >= 0.6 is 0 Å². The minimum absolute atomic E-state index is 1.00. The van der Waals surface area contributed by atoms with Crippen LogP contribution in [0.25, 0.3) is 0 Å². The predicted molar refractivity (Wildman–Crippen MR) is 59.4 cm³/mol. The first-order chi connectivity index (χ1) is 6.33. The molecular weight excluding hydrogens is 158 g/mol. The zero-order valence-corrected chi connectivity index (χ0v) is 8.85. The molecule has 0 spiro atoms. The van der Waals surface area contributed by atoms with Crippen molar-refractivity contribution in [2.75, 3.05) is 11.9 Å². The minimum Gasteiger partial charge on any atom is -0.385 e. The zero-order valence-electron chi connectivity index (χ0n) is 8.85. The Balaban J connectivity index is 3.05. The van der Waals surface area contributed by atoms with Crippen molar-refractivity contribution in [2.45, 2.75) is 33.6 Å². The van der Waals surface area contributed by atoms with Crippen LogP contribution in [0.4, 0.5) is 5.69 Å². The van der Waals surface area contributed by atoms with Gasteiger partial charge in [-0.25, -0.2) is 0 Å². The fraction of sp³-hybridized carbons (Fsp3) is 0.500. The van der Waals surface area contributed by atoms with Gasteiger partial charge in [-0.05, 0) is 30.9 Å². The Morgan fingerprint density at radius 1 is 1.00 bits per heavy atom. The van der Waals surface area contributed by atoms with Crippen LogP contribution in [0.3, 0.4) is 0 Å². The third-order valence-corrected chi connectivity index (χ3v) is 2.35. The molecule has 0 saturated carbocycles. The van der Waals surface area contributed by atoms with Crippen LogP contribution in [0.1, 0.15) is 31.9 Å². The number of para-hydroxylation sites is 1. The van der Waals surface area contributed by atoms with E-state index >= 15 is 0 Å². The second-order valence-electron chi connectivity index (χ2n) is 3.19. The molecule has 1 aromatic rings. The summed E-state index contributed by atoms with van der Waals surface area (Å²) >= 11 is 0. The molecular formula is C12H19N. The van der Waals surface area contributed by atoms with E-state index in [0.29, 0.717) is 0 Å². The first-order valence-electron chi connectivity index (χ1n) is 5.18. The standard InChI is InChI=1S/C12H19N/c1-4-10-8-7-9-11(5-2)12(10)13-6-3/h7-9,13H,4-6H2,1-3H3. The molecule has 0 amide bonds. The van der Waals surface area contributed by atoms with Crippen molar-refractivity contribution in [1.29, 1.82) is 0 Å². The largest absolute Gasteiger partial charge is 0.385 e. The Kier molecular flexibility index (Phi) is 3.81. The lowest BCUT2D eigenvalue weighted by molar-refractivity contribution is 1.06. The van der Waals surface area contributed by atoms with Gasteiger partial charge in [0.25, 0.3) is 0 Å². The van der Waals surface area contributed by atoms with Crippen LogP contribution in [0.5, 0.6) is 0 Å². The smallest absolute Gasteiger partial charge is 0.0404 e. The molecule has 1 nitrogen and oxygen atoms in total. The fourth-order valence-electron chi connectivity index (χ4n) is 1.65. The molecule has 0 aromatic heterocycles. The molecule has 0 radical (unpaired) electrons. The number of benzene rings is 1. The maximum atomic E-state index is 3.45. The van der Waals surface area contributed by atoms with E-state index < -0.39 is 0 Å². The molecule has 1 heteroatoms. The van der Waals surface area contributed by atoms with Crippen LogP contribution in [-0.2, 0) is 12.8 Å². The van der Waals surface area contributed by atoms with Gasteiger partial charge in [0, 0.05) is 12.2 Å². The summed E-state index contributed by atoms with van der Waals surface area (Å²) in [6.07, 6.45) is 2.21. The van der Waals surface area contributed by atoms with Crippen molar-refractivity contribution in [3.63, 3.8) is 0 Å². The van der Waals surface area contributed by atoms with Gasteiger partial charge in [-0.3, -0.25) is 0 Å². The molecule has 0 heterocycles. The van der Waals surface area contributed by atoms with Crippen molar-refractivity contribution < 1.29 is 0 Å². The molecule has 0 aliphatic carbocycles. The minimum atomic E-state index is 1.00. The number of anilines is 1. The van der Waals surface area contributed by atoms with Crippen LogP contribution in [0.15, 0.2) is 18.2 Å². The Bertz CT molecular complexity index is 244. The quantitative estimate of drug-likeness (QED) is 0.744. The third-order valence-electron chi connectivity index (χ3n) is 2.35. The predicted octanol–water partition coefficient (Wildman–Crippen LogP) is 3.24. The first kappa shape index (κ1) is 10.1. The number of nitrogens with one attached hydrogen (secondary N) is 1. The van der Waals surface area contributed by atoms with Crippen molar-refractivity contribution in [1.82, 2.24) is 0 Å². The van der Waals surface area contributed by atoms with Crippen LogP contribution < -0.4 is 5.32 Å². The van der Waals surface area contributed by atoms with Gasteiger partial charge in [0.05, 0.1) is 0 Å². The van der Waals surface area contributed by atoms with Crippen LogP contribution in [0.2, 0.25) is 0 Å². The molecule has 72 valence electrons. The van der Waals surface area contributed by atoms with Gasteiger partial charge in [0.2, 0.25) is 0 Å². The van der Waals surface area contributed by atoms with E-state index in [0.717, 1.165) is 19.4 Å². The average Bonchev–Trinajstić information content (AvgIpc) is 2.18.